The molecule has 3 aromatic rings. The number of unbranched alkanes of at least 4 members (excludes halogenated alkanes) is 1. The first-order valence-electron chi connectivity index (χ1n) is 6.58. The molecule has 0 bridgehead atoms. The number of benzene rings is 2. The first kappa shape index (κ1) is 11.1. The normalized spacial score (nSPS) is 11.4. The monoisotopic (exact) mass is 238 g/mol. The summed E-state index contributed by atoms with van der Waals surface area (Å²) in [5.74, 6) is 0. The number of aromatic nitrogens is 1. The molecule has 0 saturated heterocycles. The highest BCUT2D eigenvalue weighted by molar-refractivity contribution is 6.11. The minimum absolute atomic E-state index is 0.875. The molecule has 3 rings (SSSR count). The zero-order valence-electron chi connectivity index (χ0n) is 10.7. The summed E-state index contributed by atoms with van der Waals surface area (Å²) in [6, 6.07) is 14.7. The highest BCUT2D eigenvalue weighted by atomic mass is 15.0. The molecule has 2 aromatic carbocycles. The topological polar surface area (TPSA) is 30.9 Å². The van der Waals surface area contributed by atoms with E-state index >= 15 is 0 Å². The van der Waals surface area contributed by atoms with E-state index in [-0.39, 0.29) is 0 Å². The Hall–Kier alpha value is -1.96. The Morgan fingerprint density at radius 1 is 1.00 bits per heavy atom. The molecule has 0 atom stereocenters. The van der Waals surface area contributed by atoms with Gasteiger partial charge in [-0.1, -0.05) is 43.7 Å². The molecule has 18 heavy (non-hydrogen) atoms. The Bertz CT molecular complexity index is 695. The minimum atomic E-state index is 0.875. The molecule has 0 spiro atoms. The molecule has 0 unspecified atom stereocenters. The molecule has 0 aliphatic rings. The number of para-hydroxylation sites is 2. The predicted octanol–water partition coefficient (Wildman–Crippen LogP) is 4.18. The maximum absolute atomic E-state index is 6.17. The number of rotatable bonds is 3. The van der Waals surface area contributed by atoms with E-state index in [9.17, 15) is 0 Å². The summed E-state index contributed by atoms with van der Waals surface area (Å²) in [4.78, 5) is 0. The van der Waals surface area contributed by atoms with Crippen molar-refractivity contribution in [2.24, 2.45) is 0 Å². The molecule has 0 aliphatic heterocycles. The van der Waals surface area contributed by atoms with Gasteiger partial charge in [-0.3, -0.25) is 0 Å². The fourth-order valence-electron chi connectivity index (χ4n) is 2.69. The van der Waals surface area contributed by atoms with Crippen LogP contribution in [0.4, 0.5) is 5.69 Å². The molecule has 92 valence electrons. The van der Waals surface area contributed by atoms with Gasteiger partial charge in [-0.25, -0.2) is 0 Å². The molecular formula is C16H18N2. The quantitative estimate of drug-likeness (QED) is 0.682. The zero-order chi connectivity index (χ0) is 12.5. The Kier molecular flexibility index (Phi) is 2.71. The van der Waals surface area contributed by atoms with Gasteiger partial charge >= 0.3 is 0 Å². The molecule has 0 amide bonds. The number of nitrogens with zero attached hydrogens (tertiary/aromatic N) is 1. The van der Waals surface area contributed by atoms with E-state index in [1.54, 1.807) is 0 Å². The van der Waals surface area contributed by atoms with Gasteiger partial charge in [-0.15, -0.1) is 0 Å². The van der Waals surface area contributed by atoms with Gasteiger partial charge in [0.1, 0.15) is 0 Å². The van der Waals surface area contributed by atoms with Crippen molar-refractivity contribution in [3.05, 3.63) is 42.5 Å². The van der Waals surface area contributed by atoms with E-state index in [1.807, 2.05) is 12.1 Å². The van der Waals surface area contributed by atoms with E-state index in [4.69, 9.17) is 5.73 Å². The first-order chi connectivity index (χ1) is 8.83. The highest BCUT2D eigenvalue weighted by Crippen LogP contribution is 2.32. The van der Waals surface area contributed by atoms with E-state index in [0.717, 1.165) is 12.2 Å². The van der Waals surface area contributed by atoms with Crippen molar-refractivity contribution in [1.82, 2.24) is 4.57 Å². The van der Waals surface area contributed by atoms with Crippen molar-refractivity contribution in [1.29, 1.82) is 0 Å². The summed E-state index contributed by atoms with van der Waals surface area (Å²) < 4.78 is 2.36. The van der Waals surface area contributed by atoms with Crippen molar-refractivity contribution in [2.75, 3.05) is 5.73 Å². The van der Waals surface area contributed by atoms with Crippen LogP contribution in [0.25, 0.3) is 21.8 Å². The Labute approximate surface area is 107 Å². The van der Waals surface area contributed by atoms with Crippen LogP contribution in [0.3, 0.4) is 0 Å². The second-order valence-electron chi connectivity index (χ2n) is 4.77. The average Bonchev–Trinajstić information content (AvgIpc) is 2.72. The minimum Gasteiger partial charge on any atom is -0.397 e. The lowest BCUT2D eigenvalue weighted by Gasteiger charge is -2.07. The first-order valence-corrected chi connectivity index (χ1v) is 6.58. The molecule has 0 saturated carbocycles. The number of hydrogen-bond donors (Lipinski definition) is 1. The van der Waals surface area contributed by atoms with E-state index in [1.165, 1.54) is 34.6 Å². The summed E-state index contributed by atoms with van der Waals surface area (Å²) in [7, 11) is 0. The Morgan fingerprint density at radius 2 is 1.78 bits per heavy atom. The summed E-state index contributed by atoms with van der Waals surface area (Å²) >= 11 is 0. The van der Waals surface area contributed by atoms with Crippen LogP contribution >= 0.6 is 0 Å². The number of nitrogen functional groups attached to an aromatic ring is 1. The van der Waals surface area contributed by atoms with E-state index < -0.39 is 0 Å². The van der Waals surface area contributed by atoms with Crippen LogP contribution < -0.4 is 5.73 Å². The number of hydrogen-bond acceptors (Lipinski definition) is 1. The lowest BCUT2D eigenvalue weighted by molar-refractivity contribution is 0.665. The molecule has 2 heteroatoms. The Balaban J connectivity index is 2.39. The van der Waals surface area contributed by atoms with Crippen molar-refractivity contribution in [3.8, 4) is 0 Å². The van der Waals surface area contributed by atoms with Crippen LogP contribution in [-0.4, -0.2) is 4.57 Å². The van der Waals surface area contributed by atoms with Crippen LogP contribution in [0.5, 0.6) is 0 Å². The summed E-state index contributed by atoms with van der Waals surface area (Å²) in [6.45, 7) is 3.26. The number of nitrogens with two attached hydrogens (primary N) is 1. The number of anilines is 1. The SMILES string of the molecule is CCCCn1c2ccccc2c2cccc(N)c21. The second kappa shape index (κ2) is 4.37. The molecular weight excluding hydrogens is 220 g/mol. The standard InChI is InChI=1S/C16H18N2/c1-2-3-11-18-15-10-5-4-7-12(15)13-8-6-9-14(17)16(13)18/h4-10H,2-3,11,17H2,1H3. The molecule has 2 nitrogen and oxygen atoms in total. The van der Waals surface area contributed by atoms with Crippen molar-refractivity contribution in [3.63, 3.8) is 0 Å². The van der Waals surface area contributed by atoms with E-state index in [2.05, 4.69) is 41.8 Å². The lowest BCUT2D eigenvalue weighted by Crippen LogP contribution is -1.99. The van der Waals surface area contributed by atoms with Gasteiger partial charge in [-0.2, -0.15) is 0 Å². The van der Waals surface area contributed by atoms with Gasteiger partial charge in [0.15, 0.2) is 0 Å². The maximum Gasteiger partial charge on any atom is 0.0724 e. The molecule has 1 heterocycles. The van der Waals surface area contributed by atoms with Crippen LogP contribution in [0, 0.1) is 0 Å². The van der Waals surface area contributed by atoms with Crippen molar-refractivity contribution >= 4 is 27.5 Å². The summed E-state index contributed by atoms with van der Waals surface area (Å²) in [5, 5.41) is 2.57. The maximum atomic E-state index is 6.17. The predicted molar refractivity (Wildman–Crippen MR) is 78.8 cm³/mol. The number of aryl methyl sites for hydroxylation is 1. The Morgan fingerprint density at radius 3 is 2.61 bits per heavy atom. The smallest absolute Gasteiger partial charge is 0.0724 e. The van der Waals surface area contributed by atoms with Crippen LogP contribution in [0.2, 0.25) is 0 Å². The van der Waals surface area contributed by atoms with Crippen molar-refractivity contribution in [2.45, 2.75) is 26.3 Å². The summed E-state index contributed by atoms with van der Waals surface area (Å²) in [5.41, 5.74) is 9.52. The van der Waals surface area contributed by atoms with E-state index in [0.29, 0.717) is 0 Å². The zero-order valence-corrected chi connectivity index (χ0v) is 10.7. The van der Waals surface area contributed by atoms with Gasteiger partial charge in [0.05, 0.1) is 11.2 Å². The summed E-state index contributed by atoms with van der Waals surface area (Å²) in [6.07, 6.45) is 2.38. The second-order valence-corrected chi connectivity index (χ2v) is 4.77. The molecule has 0 fully saturated rings. The van der Waals surface area contributed by atoms with Gasteiger partial charge in [-0.05, 0) is 18.6 Å². The third-order valence-corrected chi connectivity index (χ3v) is 3.56. The van der Waals surface area contributed by atoms with Gasteiger partial charge in [0.2, 0.25) is 0 Å². The molecule has 1 aromatic heterocycles. The largest absolute Gasteiger partial charge is 0.397 e. The van der Waals surface area contributed by atoms with Gasteiger partial charge < -0.3 is 10.3 Å². The lowest BCUT2D eigenvalue weighted by atomic mass is 10.1. The van der Waals surface area contributed by atoms with Crippen LogP contribution in [0.1, 0.15) is 19.8 Å². The average molecular weight is 238 g/mol. The fourth-order valence-corrected chi connectivity index (χ4v) is 2.69. The van der Waals surface area contributed by atoms with Gasteiger partial charge in [0.25, 0.3) is 0 Å². The molecule has 2 N–H and O–H groups in total. The van der Waals surface area contributed by atoms with Crippen molar-refractivity contribution < 1.29 is 0 Å². The molecule has 0 radical (unpaired) electrons. The number of fused-ring (bicyclic) bond motifs is 3. The van der Waals surface area contributed by atoms with Crippen LogP contribution in [-0.2, 0) is 6.54 Å². The highest BCUT2D eigenvalue weighted by Gasteiger charge is 2.11. The third kappa shape index (κ3) is 1.57. The van der Waals surface area contributed by atoms with Crippen LogP contribution in [0.15, 0.2) is 42.5 Å². The third-order valence-electron chi connectivity index (χ3n) is 3.56. The fraction of sp³-hybridized carbons (Fsp3) is 0.250. The molecule has 0 aliphatic carbocycles. The van der Waals surface area contributed by atoms with Gasteiger partial charge in [0, 0.05) is 22.8 Å².